The molecule has 4 aliphatic carbocycles. The highest BCUT2D eigenvalue weighted by molar-refractivity contribution is 5.13. The first-order valence-electron chi connectivity index (χ1n) is 9.11. The predicted molar refractivity (Wildman–Crippen MR) is 80.8 cm³/mol. The summed E-state index contributed by atoms with van der Waals surface area (Å²) in [6.07, 6.45) is 12.6. The van der Waals surface area contributed by atoms with Crippen molar-refractivity contribution in [3.63, 3.8) is 0 Å². The van der Waals surface area contributed by atoms with Gasteiger partial charge in [-0.3, -0.25) is 0 Å². The van der Waals surface area contributed by atoms with Crippen molar-refractivity contribution in [3.8, 4) is 0 Å². The third kappa shape index (κ3) is 1.64. The van der Waals surface area contributed by atoms with Crippen LogP contribution in [0.15, 0.2) is 0 Å². The number of rotatable bonds is 1. The molecule has 0 aromatic rings. The van der Waals surface area contributed by atoms with Crippen LogP contribution in [0.5, 0.6) is 0 Å². The molecular formula is C19H32. The molecular weight excluding hydrogens is 228 g/mol. The third-order valence-electron chi connectivity index (χ3n) is 8.11. The lowest BCUT2D eigenvalue weighted by Crippen LogP contribution is -2.44. The summed E-state index contributed by atoms with van der Waals surface area (Å²) in [5.74, 6) is 7.57. The van der Waals surface area contributed by atoms with Crippen molar-refractivity contribution in [3.05, 3.63) is 0 Å². The molecule has 19 heavy (non-hydrogen) atoms. The molecule has 4 aliphatic rings. The van der Waals surface area contributed by atoms with Gasteiger partial charge in [0.2, 0.25) is 0 Å². The van der Waals surface area contributed by atoms with Gasteiger partial charge in [0.15, 0.2) is 0 Å². The summed E-state index contributed by atoms with van der Waals surface area (Å²) in [5.41, 5.74) is 0.800. The van der Waals surface area contributed by atoms with E-state index in [9.17, 15) is 0 Å². The lowest BCUT2D eigenvalue weighted by atomic mass is 9.54. The van der Waals surface area contributed by atoms with Crippen LogP contribution in [0.4, 0.5) is 0 Å². The van der Waals surface area contributed by atoms with Crippen molar-refractivity contribution in [2.45, 2.75) is 72.1 Å². The summed E-state index contributed by atoms with van der Waals surface area (Å²) < 4.78 is 0. The van der Waals surface area contributed by atoms with E-state index in [2.05, 4.69) is 20.8 Å². The van der Waals surface area contributed by atoms with Crippen LogP contribution < -0.4 is 0 Å². The molecule has 0 aromatic heterocycles. The lowest BCUT2D eigenvalue weighted by Gasteiger charge is -2.50. The Balaban J connectivity index is 1.67. The average molecular weight is 260 g/mol. The maximum Gasteiger partial charge on any atom is -0.0209 e. The highest BCUT2D eigenvalue weighted by Crippen LogP contribution is 2.72. The van der Waals surface area contributed by atoms with Crippen LogP contribution in [0.3, 0.4) is 0 Å². The van der Waals surface area contributed by atoms with Crippen LogP contribution in [-0.2, 0) is 0 Å². The Kier molecular flexibility index (Phi) is 2.84. The van der Waals surface area contributed by atoms with E-state index in [-0.39, 0.29) is 0 Å². The molecule has 0 aliphatic heterocycles. The quantitative estimate of drug-likeness (QED) is 0.582. The van der Waals surface area contributed by atoms with E-state index >= 15 is 0 Å². The molecule has 4 fully saturated rings. The van der Waals surface area contributed by atoms with Gasteiger partial charge in [-0.05, 0) is 85.4 Å². The number of hydrogen-bond donors (Lipinski definition) is 0. The first-order chi connectivity index (χ1) is 9.11. The van der Waals surface area contributed by atoms with Crippen LogP contribution >= 0.6 is 0 Å². The van der Waals surface area contributed by atoms with Crippen LogP contribution in [0.1, 0.15) is 72.1 Å². The predicted octanol–water partition coefficient (Wildman–Crippen LogP) is 5.52. The largest absolute Gasteiger partial charge is 0.0625 e. The van der Waals surface area contributed by atoms with Gasteiger partial charge >= 0.3 is 0 Å². The molecule has 0 heterocycles. The van der Waals surface area contributed by atoms with Gasteiger partial charge in [-0.2, -0.15) is 0 Å². The van der Waals surface area contributed by atoms with Crippen LogP contribution in [-0.4, -0.2) is 0 Å². The molecule has 0 aromatic carbocycles. The first kappa shape index (κ1) is 12.7. The molecule has 108 valence electrons. The van der Waals surface area contributed by atoms with Gasteiger partial charge in [-0.1, -0.05) is 33.6 Å². The van der Waals surface area contributed by atoms with E-state index in [0.29, 0.717) is 0 Å². The molecule has 0 N–H and O–H groups in total. The second kappa shape index (κ2) is 4.25. The van der Waals surface area contributed by atoms with E-state index in [1.165, 1.54) is 12.8 Å². The minimum Gasteiger partial charge on any atom is -0.0625 e. The maximum atomic E-state index is 2.62. The van der Waals surface area contributed by atoms with Crippen molar-refractivity contribution in [1.82, 2.24) is 0 Å². The second-order valence-corrected chi connectivity index (χ2v) is 9.02. The summed E-state index contributed by atoms with van der Waals surface area (Å²) in [6.45, 7) is 7.65. The maximum absolute atomic E-state index is 2.62. The Hall–Kier alpha value is 0. The molecule has 0 nitrogen and oxygen atoms in total. The monoisotopic (exact) mass is 260 g/mol. The summed E-state index contributed by atoms with van der Waals surface area (Å²) in [7, 11) is 0. The molecule has 6 unspecified atom stereocenters. The summed E-state index contributed by atoms with van der Waals surface area (Å²) >= 11 is 0. The molecule has 2 bridgehead atoms. The Morgan fingerprint density at radius 2 is 1.53 bits per heavy atom. The van der Waals surface area contributed by atoms with Gasteiger partial charge in [0.1, 0.15) is 0 Å². The Labute approximate surface area is 119 Å². The van der Waals surface area contributed by atoms with Crippen LogP contribution in [0.2, 0.25) is 0 Å². The Morgan fingerprint density at radius 1 is 0.789 bits per heavy atom. The van der Waals surface area contributed by atoms with Crippen molar-refractivity contribution in [2.24, 2.45) is 46.8 Å². The molecule has 0 heteroatoms. The minimum absolute atomic E-state index is 0.800. The smallest absolute Gasteiger partial charge is 0.0209 e. The van der Waals surface area contributed by atoms with Gasteiger partial charge < -0.3 is 0 Å². The minimum atomic E-state index is 0.800. The Bertz CT molecular complexity index is 359. The molecule has 8 atom stereocenters. The third-order valence-corrected chi connectivity index (χ3v) is 8.11. The highest BCUT2D eigenvalue weighted by Gasteiger charge is 2.64. The summed E-state index contributed by atoms with van der Waals surface area (Å²) in [4.78, 5) is 0. The fourth-order valence-electron chi connectivity index (χ4n) is 7.41. The van der Waals surface area contributed by atoms with E-state index < -0.39 is 0 Å². The van der Waals surface area contributed by atoms with Gasteiger partial charge in [0.25, 0.3) is 0 Å². The zero-order chi connectivity index (χ0) is 13.2. The topological polar surface area (TPSA) is 0 Å². The summed E-state index contributed by atoms with van der Waals surface area (Å²) in [6, 6.07) is 0. The zero-order valence-electron chi connectivity index (χ0n) is 13.2. The fraction of sp³-hybridized carbons (Fsp3) is 1.00. The second-order valence-electron chi connectivity index (χ2n) is 9.02. The molecule has 0 radical (unpaired) electrons. The van der Waals surface area contributed by atoms with Gasteiger partial charge in [0, 0.05) is 0 Å². The van der Waals surface area contributed by atoms with Gasteiger partial charge in [-0.25, -0.2) is 0 Å². The van der Waals surface area contributed by atoms with Crippen molar-refractivity contribution < 1.29 is 0 Å². The molecule has 4 rings (SSSR count). The normalized spacial score (nSPS) is 60.5. The highest BCUT2D eigenvalue weighted by atomic mass is 14.7. The number of hydrogen-bond acceptors (Lipinski definition) is 0. The summed E-state index contributed by atoms with van der Waals surface area (Å²) in [5, 5.41) is 0. The van der Waals surface area contributed by atoms with Crippen LogP contribution in [0.25, 0.3) is 0 Å². The first-order valence-corrected chi connectivity index (χ1v) is 9.11. The molecule has 0 amide bonds. The fourth-order valence-corrected chi connectivity index (χ4v) is 7.41. The van der Waals surface area contributed by atoms with E-state index in [0.717, 1.165) is 46.8 Å². The average Bonchev–Trinajstić information content (AvgIpc) is 3.01. The molecule has 0 spiro atoms. The van der Waals surface area contributed by atoms with Crippen molar-refractivity contribution in [1.29, 1.82) is 0 Å². The molecule has 4 saturated carbocycles. The van der Waals surface area contributed by atoms with Crippen molar-refractivity contribution >= 4 is 0 Å². The molecule has 0 saturated heterocycles. The SMILES string of the molecule is CC1CCC(C23CC(CC2C)C2CC[C@@H](C)C[C@H]23)C1. The van der Waals surface area contributed by atoms with Crippen LogP contribution in [0, 0.1) is 46.8 Å². The van der Waals surface area contributed by atoms with Gasteiger partial charge in [0.05, 0.1) is 0 Å². The lowest BCUT2D eigenvalue weighted by molar-refractivity contribution is -0.0199. The van der Waals surface area contributed by atoms with E-state index in [1.807, 2.05) is 0 Å². The van der Waals surface area contributed by atoms with Gasteiger partial charge in [-0.15, -0.1) is 0 Å². The van der Waals surface area contributed by atoms with Crippen molar-refractivity contribution in [2.75, 3.05) is 0 Å². The number of fused-ring (bicyclic) bond motifs is 5. The zero-order valence-corrected chi connectivity index (χ0v) is 13.2. The van der Waals surface area contributed by atoms with E-state index in [1.54, 1.807) is 38.5 Å². The standard InChI is InChI=1S/C19H32/c1-12-4-6-16(8-12)19-11-15(10-14(19)3)17-7-5-13(2)9-18(17)19/h12-18H,4-11H2,1-3H3/t12?,13-,14?,15?,16?,17?,18-,19?/m1/s1. The van der Waals surface area contributed by atoms with E-state index in [4.69, 9.17) is 0 Å². The Morgan fingerprint density at radius 3 is 2.26 bits per heavy atom.